The van der Waals surface area contributed by atoms with Crippen LogP contribution in [0.4, 0.5) is 10.5 Å². The topological polar surface area (TPSA) is 97.3 Å². The molecule has 0 saturated carbocycles. The van der Waals surface area contributed by atoms with Crippen molar-refractivity contribution in [2.45, 2.75) is 32.4 Å². The molecule has 1 saturated heterocycles. The van der Waals surface area contributed by atoms with E-state index in [0.717, 1.165) is 5.69 Å². The Morgan fingerprint density at radius 2 is 2.21 bits per heavy atom. The van der Waals surface area contributed by atoms with Gasteiger partial charge in [0.25, 0.3) is 0 Å². The quantitative estimate of drug-likeness (QED) is 0.490. The number of azide groups is 1. The summed E-state index contributed by atoms with van der Waals surface area (Å²) < 4.78 is 5.41. The molecule has 0 aliphatic carbocycles. The number of piperazine rings is 1. The lowest BCUT2D eigenvalue weighted by atomic mass is 10.1. The van der Waals surface area contributed by atoms with Gasteiger partial charge in [0.05, 0.1) is 11.7 Å². The van der Waals surface area contributed by atoms with Crippen LogP contribution in [0.15, 0.2) is 11.2 Å². The lowest BCUT2D eigenvalue weighted by molar-refractivity contribution is 0.0216. The van der Waals surface area contributed by atoms with E-state index in [4.69, 9.17) is 33.5 Å². The number of anilines is 1. The van der Waals surface area contributed by atoms with E-state index in [1.54, 1.807) is 11.0 Å². The van der Waals surface area contributed by atoms with Gasteiger partial charge in [0.1, 0.15) is 15.9 Å². The van der Waals surface area contributed by atoms with Gasteiger partial charge in [-0.1, -0.05) is 28.3 Å². The van der Waals surface area contributed by atoms with Crippen molar-refractivity contribution in [3.63, 3.8) is 0 Å². The Labute approximate surface area is 150 Å². The van der Waals surface area contributed by atoms with Crippen molar-refractivity contribution in [1.29, 1.82) is 0 Å². The molecule has 0 radical (unpaired) electrons. The maximum absolute atomic E-state index is 12.3. The van der Waals surface area contributed by atoms with Gasteiger partial charge in [-0.2, -0.15) is 0 Å². The number of carbonyl (C=O) groups is 1. The third kappa shape index (κ3) is 4.63. The van der Waals surface area contributed by atoms with Crippen LogP contribution < -0.4 is 4.90 Å². The standard InChI is InChI=1S/C14H20Cl2N6O2/c1-14(2,3)24-13(23)21-4-5-22(9(8-21)7-18-20-17)10-6-11(15)19-12(10)16/h6,9,19H,4-5,7-8H2,1-3H3/t9-/m0/s1. The fraction of sp³-hybridized carbons (Fsp3) is 0.643. The van der Waals surface area contributed by atoms with Gasteiger partial charge in [0, 0.05) is 31.1 Å². The predicted octanol–water partition coefficient (Wildman–Crippen LogP) is 4.06. The molecule has 0 aromatic carbocycles. The van der Waals surface area contributed by atoms with Crippen LogP contribution in [0.3, 0.4) is 0 Å². The highest BCUT2D eigenvalue weighted by molar-refractivity contribution is 6.35. The second-order valence-corrected chi connectivity index (χ2v) is 7.29. The Balaban J connectivity index is 2.17. The summed E-state index contributed by atoms with van der Waals surface area (Å²) in [5, 5.41) is 4.49. The Morgan fingerprint density at radius 1 is 1.50 bits per heavy atom. The van der Waals surface area contributed by atoms with Gasteiger partial charge in [-0.25, -0.2) is 4.79 Å². The predicted molar refractivity (Wildman–Crippen MR) is 93.8 cm³/mol. The number of hydrogen-bond donors (Lipinski definition) is 1. The van der Waals surface area contributed by atoms with Gasteiger partial charge in [-0.05, 0) is 32.4 Å². The first kappa shape index (κ1) is 18.6. The van der Waals surface area contributed by atoms with Gasteiger partial charge < -0.3 is 19.5 Å². The zero-order valence-electron chi connectivity index (χ0n) is 13.8. The number of rotatable bonds is 3. The molecule has 132 valence electrons. The van der Waals surface area contributed by atoms with Gasteiger partial charge in [-0.3, -0.25) is 0 Å². The van der Waals surface area contributed by atoms with Crippen LogP contribution >= 0.6 is 23.2 Å². The molecule has 0 unspecified atom stereocenters. The monoisotopic (exact) mass is 374 g/mol. The summed E-state index contributed by atoms with van der Waals surface area (Å²) >= 11 is 12.1. The normalized spacial score (nSPS) is 18.3. The number of nitrogens with one attached hydrogen (secondary N) is 1. The second kappa shape index (κ2) is 7.42. The minimum absolute atomic E-state index is 0.203. The molecule has 1 amide bonds. The first-order chi connectivity index (χ1) is 11.2. The third-order valence-electron chi connectivity index (χ3n) is 3.52. The number of hydrogen-bond acceptors (Lipinski definition) is 4. The highest BCUT2D eigenvalue weighted by atomic mass is 35.5. The number of H-pyrrole nitrogens is 1. The zero-order chi connectivity index (χ0) is 17.9. The molecule has 1 fully saturated rings. The summed E-state index contributed by atoms with van der Waals surface area (Å²) in [6.07, 6.45) is -0.383. The Kier molecular flexibility index (Phi) is 5.74. The largest absolute Gasteiger partial charge is 0.444 e. The summed E-state index contributed by atoms with van der Waals surface area (Å²) in [5.74, 6) is 0. The van der Waals surface area contributed by atoms with Crippen molar-refractivity contribution >= 4 is 35.0 Å². The van der Waals surface area contributed by atoms with E-state index in [-0.39, 0.29) is 18.7 Å². The van der Waals surface area contributed by atoms with E-state index < -0.39 is 5.60 Å². The molecule has 2 heterocycles. The van der Waals surface area contributed by atoms with Gasteiger partial charge in [0.15, 0.2) is 0 Å². The lowest BCUT2D eigenvalue weighted by Crippen LogP contribution is -2.56. The average Bonchev–Trinajstić information content (AvgIpc) is 2.81. The summed E-state index contributed by atoms with van der Waals surface area (Å²) in [4.78, 5) is 21.5. The fourth-order valence-electron chi connectivity index (χ4n) is 2.55. The molecule has 1 atom stereocenters. The maximum atomic E-state index is 12.3. The summed E-state index contributed by atoms with van der Waals surface area (Å²) in [5.41, 5.74) is 8.78. The van der Waals surface area contributed by atoms with Crippen LogP contribution in [-0.2, 0) is 4.74 Å². The number of nitrogens with zero attached hydrogens (tertiary/aromatic N) is 5. The van der Waals surface area contributed by atoms with E-state index >= 15 is 0 Å². The molecular weight excluding hydrogens is 355 g/mol. The third-order valence-corrected chi connectivity index (χ3v) is 4.01. The molecule has 1 N–H and O–H groups in total. The Morgan fingerprint density at radius 3 is 2.75 bits per heavy atom. The molecule has 1 aromatic heterocycles. The number of carbonyl (C=O) groups excluding carboxylic acids is 1. The first-order valence-electron chi connectivity index (χ1n) is 7.50. The first-order valence-corrected chi connectivity index (χ1v) is 8.26. The van der Waals surface area contributed by atoms with Crippen LogP contribution in [0, 0.1) is 0 Å². The summed E-state index contributed by atoms with van der Waals surface area (Å²) in [6.45, 7) is 7.03. The van der Waals surface area contributed by atoms with E-state index in [1.165, 1.54) is 0 Å². The molecule has 0 bridgehead atoms. The molecule has 0 spiro atoms. The van der Waals surface area contributed by atoms with E-state index in [1.807, 2.05) is 25.7 Å². The molecular formula is C14H20Cl2N6O2. The number of aromatic amines is 1. The minimum atomic E-state index is -0.563. The van der Waals surface area contributed by atoms with Crippen LogP contribution in [-0.4, -0.2) is 53.8 Å². The van der Waals surface area contributed by atoms with Crippen molar-refractivity contribution in [2.75, 3.05) is 31.1 Å². The van der Waals surface area contributed by atoms with Gasteiger partial charge in [0.2, 0.25) is 0 Å². The highest BCUT2D eigenvalue weighted by Gasteiger charge is 2.33. The summed E-state index contributed by atoms with van der Waals surface area (Å²) in [7, 11) is 0. The molecule has 1 aliphatic rings. The van der Waals surface area contributed by atoms with E-state index in [9.17, 15) is 4.79 Å². The Hall–Kier alpha value is -1.76. The van der Waals surface area contributed by atoms with E-state index in [0.29, 0.717) is 29.9 Å². The van der Waals surface area contributed by atoms with Gasteiger partial charge in [-0.15, -0.1) is 0 Å². The van der Waals surface area contributed by atoms with Crippen LogP contribution in [0.1, 0.15) is 20.8 Å². The van der Waals surface area contributed by atoms with Crippen molar-refractivity contribution in [3.05, 3.63) is 26.8 Å². The number of halogens is 2. The summed E-state index contributed by atoms with van der Waals surface area (Å²) in [6, 6.07) is 1.50. The number of aromatic nitrogens is 1. The second-order valence-electron chi connectivity index (χ2n) is 6.50. The smallest absolute Gasteiger partial charge is 0.410 e. The average molecular weight is 375 g/mol. The number of amides is 1. The lowest BCUT2D eigenvalue weighted by Gasteiger charge is -2.42. The van der Waals surface area contributed by atoms with Gasteiger partial charge >= 0.3 is 6.09 Å². The van der Waals surface area contributed by atoms with Crippen LogP contribution in [0.25, 0.3) is 10.4 Å². The zero-order valence-corrected chi connectivity index (χ0v) is 15.3. The van der Waals surface area contributed by atoms with Crippen molar-refractivity contribution in [2.24, 2.45) is 5.11 Å². The molecule has 8 nitrogen and oxygen atoms in total. The van der Waals surface area contributed by atoms with Crippen LogP contribution in [0.5, 0.6) is 0 Å². The molecule has 1 aromatic rings. The van der Waals surface area contributed by atoms with Crippen molar-refractivity contribution in [1.82, 2.24) is 9.88 Å². The maximum Gasteiger partial charge on any atom is 0.410 e. The SMILES string of the molecule is CC(C)(C)OC(=O)N1CCN(c2cc(Cl)[nH]c2Cl)[C@@H](CN=[N+]=[N-])C1. The molecule has 10 heteroatoms. The molecule has 2 rings (SSSR count). The van der Waals surface area contributed by atoms with Crippen LogP contribution in [0.2, 0.25) is 10.3 Å². The number of ether oxygens (including phenoxy) is 1. The Bertz CT molecular complexity index is 650. The fourth-order valence-corrected chi connectivity index (χ4v) is 3.06. The van der Waals surface area contributed by atoms with E-state index in [2.05, 4.69) is 15.0 Å². The highest BCUT2D eigenvalue weighted by Crippen LogP contribution is 2.32. The minimum Gasteiger partial charge on any atom is -0.444 e. The van der Waals surface area contributed by atoms with Crippen molar-refractivity contribution in [3.8, 4) is 0 Å². The molecule has 24 heavy (non-hydrogen) atoms. The van der Waals surface area contributed by atoms with Crippen molar-refractivity contribution < 1.29 is 9.53 Å². The molecule has 1 aliphatic heterocycles.